The predicted molar refractivity (Wildman–Crippen MR) is 112 cm³/mol. The number of fused-ring (bicyclic) bond motifs is 3. The molecular weight excluding hydrogens is 336 g/mol. The first kappa shape index (κ1) is 19.7. The molecule has 2 aromatic carbocycles. The maximum atomic E-state index is 5.98. The van der Waals surface area contributed by atoms with E-state index in [1.165, 1.54) is 22.3 Å². The van der Waals surface area contributed by atoms with Gasteiger partial charge in [0.15, 0.2) is 0 Å². The monoisotopic (exact) mass is 368 g/mol. The van der Waals surface area contributed by atoms with Crippen molar-refractivity contribution in [2.45, 2.75) is 34.1 Å². The molecule has 2 aromatic rings. The molecule has 0 unspecified atom stereocenters. The van der Waals surface area contributed by atoms with Gasteiger partial charge in [-0.1, -0.05) is 39.8 Å². The van der Waals surface area contributed by atoms with E-state index in [9.17, 15) is 0 Å². The van der Waals surface area contributed by atoms with Crippen molar-refractivity contribution in [3.05, 3.63) is 47.5 Å². The van der Waals surface area contributed by atoms with Crippen molar-refractivity contribution >= 4 is 0 Å². The highest BCUT2D eigenvalue weighted by molar-refractivity contribution is 5.78. The fraction of sp³-hybridized carbons (Fsp3) is 0.478. The zero-order chi connectivity index (χ0) is 19.2. The Hall–Kier alpha value is -2.04. The molecule has 4 heteroatoms. The molecule has 0 radical (unpaired) electrons. The van der Waals surface area contributed by atoms with Crippen LogP contribution in [0.2, 0.25) is 0 Å². The van der Waals surface area contributed by atoms with Crippen LogP contribution in [0, 0.1) is 0 Å². The Morgan fingerprint density at radius 3 is 1.44 bits per heavy atom. The Kier molecular flexibility index (Phi) is 6.75. The quantitative estimate of drug-likeness (QED) is 0.488. The molecule has 4 nitrogen and oxygen atoms in total. The Balaban J connectivity index is 1.68. The number of benzene rings is 2. The van der Waals surface area contributed by atoms with Gasteiger partial charge in [0.2, 0.25) is 0 Å². The molecule has 0 fully saturated rings. The van der Waals surface area contributed by atoms with Crippen LogP contribution in [0.1, 0.15) is 38.8 Å². The van der Waals surface area contributed by atoms with Crippen LogP contribution in [0.3, 0.4) is 0 Å². The molecule has 0 atom stereocenters. The minimum absolute atomic E-state index is 0.641. The van der Waals surface area contributed by atoms with E-state index in [0.29, 0.717) is 13.5 Å². The molecular formula is C23H32N2O2. The normalized spacial score (nSPS) is 12.4. The van der Waals surface area contributed by atoms with Gasteiger partial charge in [-0.05, 0) is 79.1 Å². The number of hydrogen-bond acceptors (Lipinski definition) is 4. The van der Waals surface area contributed by atoms with Gasteiger partial charge in [-0.3, -0.25) is 9.80 Å². The summed E-state index contributed by atoms with van der Waals surface area (Å²) >= 11 is 0. The second-order valence-corrected chi connectivity index (χ2v) is 6.97. The molecule has 0 amide bonds. The number of hydrogen-bond donors (Lipinski definition) is 0. The summed E-state index contributed by atoms with van der Waals surface area (Å²) in [6.45, 7) is 13.9. The molecule has 3 rings (SSSR count). The molecule has 0 saturated carbocycles. The molecule has 0 heterocycles. The smallest absolute Gasteiger partial charge is 0.142 e. The van der Waals surface area contributed by atoms with Crippen LogP contribution in [-0.4, -0.2) is 49.4 Å². The van der Waals surface area contributed by atoms with Gasteiger partial charge >= 0.3 is 0 Å². The summed E-state index contributed by atoms with van der Waals surface area (Å²) in [6, 6.07) is 12.9. The highest BCUT2D eigenvalue weighted by atomic mass is 16.5. The minimum atomic E-state index is 0.641. The van der Waals surface area contributed by atoms with Crippen molar-refractivity contribution in [1.82, 2.24) is 9.80 Å². The maximum Gasteiger partial charge on any atom is 0.142 e. The van der Waals surface area contributed by atoms with Crippen LogP contribution in [0.15, 0.2) is 36.4 Å². The summed E-state index contributed by atoms with van der Waals surface area (Å²) < 4.78 is 12.0. The lowest BCUT2D eigenvalue weighted by atomic mass is 10.1. The zero-order valence-corrected chi connectivity index (χ0v) is 17.1. The largest absolute Gasteiger partial charge is 0.478 e. The Morgan fingerprint density at radius 1 is 0.667 bits per heavy atom. The van der Waals surface area contributed by atoms with Gasteiger partial charge in [0.25, 0.3) is 0 Å². The lowest BCUT2D eigenvalue weighted by molar-refractivity contribution is 0.137. The molecule has 0 N–H and O–H groups in total. The van der Waals surface area contributed by atoms with Crippen LogP contribution < -0.4 is 9.47 Å². The van der Waals surface area contributed by atoms with E-state index in [0.717, 1.165) is 44.1 Å². The Labute approximate surface area is 163 Å². The summed E-state index contributed by atoms with van der Waals surface area (Å²) in [5.41, 5.74) is 5.30. The topological polar surface area (TPSA) is 24.9 Å². The van der Waals surface area contributed by atoms with Gasteiger partial charge in [-0.25, -0.2) is 0 Å². The third-order valence-corrected chi connectivity index (χ3v) is 5.44. The third kappa shape index (κ3) is 4.63. The van der Waals surface area contributed by atoms with E-state index >= 15 is 0 Å². The molecule has 0 aliphatic heterocycles. The number of ether oxygens (including phenoxy) is 2. The summed E-state index contributed by atoms with van der Waals surface area (Å²) in [6.07, 6.45) is 0.940. The first-order valence-electron chi connectivity index (χ1n) is 10.1. The van der Waals surface area contributed by atoms with Crippen molar-refractivity contribution in [3.8, 4) is 22.6 Å². The van der Waals surface area contributed by atoms with E-state index in [2.05, 4.69) is 73.9 Å². The van der Waals surface area contributed by atoms with Crippen molar-refractivity contribution < 1.29 is 9.47 Å². The standard InChI is InChI=1S/C23H32N2O2/c1-5-24(6-2)16-26-20-9-11-22-18(14-20)13-19-15-21(10-12-23(19)22)27-17-25(7-3)8-4/h9-12,14-15H,5-8,13,16-17H2,1-4H3. The summed E-state index contributed by atoms with van der Waals surface area (Å²) in [5.74, 6) is 1.90. The summed E-state index contributed by atoms with van der Waals surface area (Å²) in [5, 5.41) is 0. The molecule has 0 aromatic heterocycles. The average Bonchev–Trinajstić information content (AvgIpc) is 3.06. The van der Waals surface area contributed by atoms with Gasteiger partial charge in [0, 0.05) is 0 Å². The van der Waals surface area contributed by atoms with Crippen LogP contribution in [0.4, 0.5) is 0 Å². The van der Waals surface area contributed by atoms with Crippen molar-refractivity contribution in [2.24, 2.45) is 0 Å². The van der Waals surface area contributed by atoms with Crippen LogP contribution >= 0.6 is 0 Å². The van der Waals surface area contributed by atoms with Gasteiger partial charge in [-0.2, -0.15) is 0 Å². The number of rotatable bonds is 10. The Bertz CT molecular complexity index is 689. The van der Waals surface area contributed by atoms with Gasteiger partial charge in [-0.15, -0.1) is 0 Å². The van der Waals surface area contributed by atoms with E-state index in [4.69, 9.17) is 9.47 Å². The van der Waals surface area contributed by atoms with E-state index in [1.54, 1.807) is 0 Å². The first-order chi connectivity index (χ1) is 13.2. The van der Waals surface area contributed by atoms with Crippen LogP contribution in [-0.2, 0) is 6.42 Å². The second-order valence-electron chi connectivity index (χ2n) is 6.97. The minimum Gasteiger partial charge on any atom is -0.478 e. The van der Waals surface area contributed by atoms with E-state index in [1.807, 2.05) is 0 Å². The number of nitrogens with zero attached hydrogens (tertiary/aromatic N) is 2. The second kappa shape index (κ2) is 9.25. The zero-order valence-electron chi connectivity index (χ0n) is 17.1. The van der Waals surface area contributed by atoms with Crippen molar-refractivity contribution in [2.75, 3.05) is 39.6 Å². The maximum absolute atomic E-state index is 5.98. The molecule has 0 saturated heterocycles. The Morgan fingerprint density at radius 2 is 1.07 bits per heavy atom. The third-order valence-electron chi connectivity index (χ3n) is 5.44. The predicted octanol–water partition coefficient (Wildman–Crippen LogP) is 4.61. The average molecular weight is 369 g/mol. The fourth-order valence-corrected chi connectivity index (χ4v) is 3.49. The SMILES string of the molecule is CCN(CC)COc1ccc2c(c1)Cc1cc(OCN(CC)CC)ccc1-2. The summed E-state index contributed by atoms with van der Waals surface area (Å²) in [4.78, 5) is 4.53. The molecule has 27 heavy (non-hydrogen) atoms. The van der Waals surface area contributed by atoms with Crippen LogP contribution in [0.5, 0.6) is 11.5 Å². The lowest BCUT2D eigenvalue weighted by Gasteiger charge is -2.19. The molecule has 0 spiro atoms. The highest BCUT2D eigenvalue weighted by Crippen LogP contribution is 2.39. The highest BCUT2D eigenvalue weighted by Gasteiger charge is 2.20. The molecule has 146 valence electrons. The van der Waals surface area contributed by atoms with E-state index in [-0.39, 0.29) is 0 Å². The molecule has 1 aliphatic carbocycles. The molecule has 0 bridgehead atoms. The fourth-order valence-electron chi connectivity index (χ4n) is 3.49. The van der Waals surface area contributed by atoms with Crippen molar-refractivity contribution in [1.29, 1.82) is 0 Å². The lowest BCUT2D eigenvalue weighted by Crippen LogP contribution is -2.27. The van der Waals surface area contributed by atoms with Crippen molar-refractivity contribution in [3.63, 3.8) is 0 Å². The van der Waals surface area contributed by atoms with E-state index < -0.39 is 0 Å². The molecule has 1 aliphatic rings. The van der Waals surface area contributed by atoms with Gasteiger partial charge in [0.05, 0.1) is 0 Å². The van der Waals surface area contributed by atoms with Gasteiger partial charge in [0.1, 0.15) is 25.0 Å². The summed E-state index contributed by atoms with van der Waals surface area (Å²) in [7, 11) is 0. The van der Waals surface area contributed by atoms with Gasteiger partial charge < -0.3 is 9.47 Å². The van der Waals surface area contributed by atoms with Crippen LogP contribution in [0.25, 0.3) is 11.1 Å². The first-order valence-corrected chi connectivity index (χ1v) is 10.1.